The maximum absolute atomic E-state index is 13.7. The van der Waals surface area contributed by atoms with Crippen LogP contribution in [0.3, 0.4) is 0 Å². The van der Waals surface area contributed by atoms with Gasteiger partial charge in [0.05, 0.1) is 55.1 Å². The number of hydrogen-bond acceptors (Lipinski definition) is 13. The van der Waals surface area contributed by atoms with Gasteiger partial charge in [-0.3, -0.25) is 24.0 Å². The van der Waals surface area contributed by atoms with Gasteiger partial charge in [-0.1, -0.05) is 52.5 Å². The highest BCUT2D eigenvalue weighted by atomic mass is 16.7. The molecule has 0 aliphatic heterocycles. The molecule has 2 aromatic heterocycles. The lowest BCUT2D eigenvalue weighted by atomic mass is 9.90. The molecule has 0 aliphatic carbocycles. The molecule has 0 saturated heterocycles. The van der Waals surface area contributed by atoms with E-state index in [0.717, 1.165) is 30.0 Å². The predicted molar refractivity (Wildman–Crippen MR) is 228 cm³/mol. The summed E-state index contributed by atoms with van der Waals surface area (Å²) in [6, 6.07) is 13.5. The number of unbranched alkanes of at least 4 members (excludes halogenated alkanes) is 3. The van der Waals surface area contributed by atoms with E-state index in [1.165, 1.54) is 24.3 Å². The van der Waals surface area contributed by atoms with Crippen LogP contribution in [-0.4, -0.2) is 96.9 Å². The van der Waals surface area contributed by atoms with Gasteiger partial charge in [-0.25, -0.2) is 14.3 Å². The second-order valence-corrected chi connectivity index (χ2v) is 14.2. The maximum Gasteiger partial charge on any atom is 0.378 e. The lowest BCUT2D eigenvalue weighted by molar-refractivity contribution is -0.171. The molecule has 3 N–H and O–H groups in total. The zero-order valence-electron chi connectivity index (χ0n) is 35.8. The Hall–Kier alpha value is -6.92. The van der Waals surface area contributed by atoms with Gasteiger partial charge in [-0.2, -0.15) is 10.2 Å². The van der Waals surface area contributed by atoms with Crippen LogP contribution >= 0.6 is 0 Å². The normalized spacial score (nSPS) is 12.2. The molecular weight excluding hydrogens is 815 g/mol. The van der Waals surface area contributed by atoms with Crippen LogP contribution in [-0.2, 0) is 33.4 Å². The first kappa shape index (κ1) is 48.7. The fraction of sp³-hybridized carbons (Fsp3) is 0.409. The lowest BCUT2D eigenvalue weighted by Gasteiger charge is -2.31. The Bertz CT molecular complexity index is 2140. The van der Waals surface area contributed by atoms with E-state index in [2.05, 4.69) is 25.7 Å². The van der Waals surface area contributed by atoms with Gasteiger partial charge in [0.15, 0.2) is 5.76 Å². The van der Waals surface area contributed by atoms with Crippen molar-refractivity contribution in [2.75, 3.05) is 19.9 Å². The van der Waals surface area contributed by atoms with E-state index in [1.54, 1.807) is 67.3 Å². The Morgan fingerprint density at radius 1 is 0.921 bits per heavy atom. The van der Waals surface area contributed by atoms with Gasteiger partial charge in [0.2, 0.25) is 12.3 Å². The molecule has 0 fully saturated rings. The van der Waals surface area contributed by atoms with Crippen LogP contribution in [0.1, 0.15) is 110 Å². The van der Waals surface area contributed by atoms with Gasteiger partial charge in [0.1, 0.15) is 17.6 Å². The Morgan fingerprint density at radius 2 is 1.68 bits per heavy atom. The topological polar surface area (TPSA) is 227 Å². The quantitative estimate of drug-likeness (QED) is 0.0189. The van der Waals surface area contributed by atoms with Crippen molar-refractivity contribution in [2.24, 2.45) is 5.92 Å². The average Bonchev–Trinajstić information content (AvgIpc) is 4.02. The Balaban J connectivity index is 1.40. The van der Waals surface area contributed by atoms with E-state index in [9.17, 15) is 33.6 Å². The zero-order chi connectivity index (χ0) is 45.7. The van der Waals surface area contributed by atoms with Crippen molar-refractivity contribution in [3.63, 3.8) is 0 Å². The molecule has 0 bridgehead atoms. The zero-order valence-corrected chi connectivity index (χ0v) is 35.8. The van der Waals surface area contributed by atoms with Crippen molar-refractivity contribution >= 4 is 50.1 Å². The first-order valence-electron chi connectivity index (χ1n) is 20.8. The summed E-state index contributed by atoms with van der Waals surface area (Å²) in [5, 5.41) is 12.9. The summed E-state index contributed by atoms with van der Waals surface area (Å²) in [6.07, 6.45) is 7.60. The molecule has 4 amide bonds. The van der Waals surface area contributed by atoms with Crippen molar-refractivity contribution < 1.29 is 56.9 Å². The number of carbonyl (C=O) groups excluding carboxylic acids is 7. The summed E-state index contributed by atoms with van der Waals surface area (Å²) < 4.78 is 22.6. The molecule has 2 aromatic carbocycles. The summed E-state index contributed by atoms with van der Waals surface area (Å²) in [5.74, 6) is -4.88. The van der Waals surface area contributed by atoms with Crippen molar-refractivity contribution in [3.8, 4) is 22.8 Å². The molecule has 2 heterocycles. The number of amides is 4. The minimum atomic E-state index is -1.38. The van der Waals surface area contributed by atoms with Gasteiger partial charge >= 0.3 is 20.0 Å². The summed E-state index contributed by atoms with van der Waals surface area (Å²) in [4.78, 5) is 95.8. The fourth-order valence-electron chi connectivity index (χ4n) is 6.49. The van der Waals surface area contributed by atoms with E-state index in [-0.39, 0.29) is 54.7 Å². The SMILES string of the molecule is [B]OC(=O)C[C@H](NC(=O)c1ccc(-c2ccc(C(=O)NCNC(=O)[C@H](CCCCC)[C@@H](CC)N(C=O)OC(=O)c3ccc(-n4cccn4)cc3)o2)cc1OCC)C(=O)OCCCC. The van der Waals surface area contributed by atoms with E-state index in [1.807, 2.05) is 13.8 Å². The van der Waals surface area contributed by atoms with Crippen LogP contribution in [0.5, 0.6) is 5.75 Å². The molecule has 2 radical (unpaired) electrons. The summed E-state index contributed by atoms with van der Waals surface area (Å²) in [7, 11) is 4.96. The number of benzene rings is 2. The number of nitrogens with zero attached hydrogens (tertiary/aromatic N) is 3. The molecule has 19 heteroatoms. The van der Waals surface area contributed by atoms with Crippen LogP contribution in [0, 0.1) is 5.92 Å². The molecule has 0 spiro atoms. The van der Waals surface area contributed by atoms with E-state index in [0.29, 0.717) is 31.2 Å². The molecule has 0 unspecified atom stereocenters. The third-order valence-electron chi connectivity index (χ3n) is 9.82. The summed E-state index contributed by atoms with van der Waals surface area (Å²) in [6.45, 7) is 7.40. The third-order valence-corrected chi connectivity index (χ3v) is 9.82. The number of aromatic nitrogens is 2. The predicted octanol–water partition coefficient (Wildman–Crippen LogP) is 5.00. The standard InChI is InChI=1S/C44H53BN6O12/c1-5-9-11-13-32(35(7-3)51(28-52)63-43(57)29-14-17-31(18-15-29)50-23-12-22-48-50)40(54)46-27-47-42(56)37-21-20-36(61-37)30-16-19-33(38(25-30)59-8-4)41(55)49-34(26-39(53)62-45)44(58)60-24-10-6-2/h12,14-23,25,28,32,34-35H,5-11,13,24,26-27H2,1-4H3,(H,46,54)(H,47,56)(H,49,55)/t32-,34+,35-/m1/s1. The number of ether oxygens (including phenoxy) is 2. The minimum absolute atomic E-state index is 0.0395. The largest absolute Gasteiger partial charge is 0.543 e. The molecule has 3 atom stereocenters. The lowest BCUT2D eigenvalue weighted by Crippen LogP contribution is -2.49. The number of hydroxylamine groups is 2. The number of esters is 1. The number of nitrogens with one attached hydrogen (secondary N) is 3. The van der Waals surface area contributed by atoms with Crippen molar-refractivity contribution in [1.29, 1.82) is 0 Å². The molecule has 63 heavy (non-hydrogen) atoms. The first-order valence-corrected chi connectivity index (χ1v) is 20.8. The molecule has 0 saturated carbocycles. The Labute approximate surface area is 366 Å². The highest BCUT2D eigenvalue weighted by Crippen LogP contribution is 2.30. The third kappa shape index (κ3) is 14.1. The maximum atomic E-state index is 13.7. The highest BCUT2D eigenvalue weighted by Gasteiger charge is 2.34. The average molecular weight is 869 g/mol. The molecule has 334 valence electrons. The van der Waals surface area contributed by atoms with Crippen LogP contribution < -0.4 is 20.7 Å². The van der Waals surface area contributed by atoms with Crippen molar-refractivity contribution in [3.05, 3.63) is 89.9 Å². The van der Waals surface area contributed by atoms with Gasteiger partial charge < -0.3 is 39.3 Å². The van der Waals surface area contributed by atoms with Gasteiger partial charge in [0.25, 0.3) is 17.8 Å². The van der Waals surface area contributed by atoms with Crippen LogP contribution in [0.4, 0.5) is 0 Å². The molecule has 0 aliphatic rings. The van der Waals surface area contributed by atoms with Crippen molar-refractivity contribution in [1.82, 2.24) is 30.8 Å². The van der Waals surface area contributed by atoms with E-state index in [4.69, 9.17) is 26.8 Å². The number of hydrogen-bond donors (Lipinski definition) is 3. The van der Waals surface area contributed by atoms with Crippen LogP contribution in [0.25, 0.3) is 17.0 Å². The monoisotopic (exact) mass is 868 g/mol. The van der Waals surface area contributed by atoms with Crippen molar-refractivity contribution in [2.45, 2.75) is 91.1 Å². The molecular formula is C44H53BN6O12. The van der Waals surface area contributed by atoms with E-state index >= 15 is 0 Å². The van der Waals surface area contributed by atoms with Gasteiger partial charge in [0, 0.05) is 18.0 Å². The van der Waals surface area contributed by atoms with Gasteiger partial charge in [-0.05, 0) is 80.8 Å². The summed E-state index contributed by atoms with van der Waals surface area (Å²) >= 11 is 0. The number of carbonyl (C=O) groups is 7. The minimum Gasteiger partial charge on any atom is -0.543 e. The van der Waals surface area contributed by atoms with Crippen LogP contribution in [0.15, 0.2) is 77.5 Å². The second-order valence-electron chi connectivity index (χ2n) is 14.2. The summed E-state index contributed by atoms with van der Waals surface area (Å²) in [5.41, 5.74) is 1.40. The van der Waals surface area contributed by atoms with Gasteiger partial charge in [-0.15, -0.1) is 0 Å². The Morgan fingerprint density at radius 3 is 2.33 bits per heavy atom. The number of rotatable bonds is 26. The molecule has 4 rings (SSSR count). The van der Waals surface area contributed by atoms with E-state index < -0.39 is 60.1 Å². The second kappa shape index (κ2) is 25.1. The molecule has 18 nitrogen and oxygen atoms in total. The Kier molecular flexibility index (Phi) is 19.4. The number of furan rings is 1. The smallest absolute Gasteiger partial charge is 0.378 e. The highest BCUT2D eigenvalue weighted by molar-refractivity contribution is 6.06. The fourth-order valence-corrected chi connectivity index (χ4v) is 6.49. The van der Waals surface area contributed by atoms with Crippen LogP contribution in [0.2, 0.25) is 0 Å². The molecule has 4 aromatic rings. The first-order chi connectivity index (χ1) is 30.5.